The van der Waals surface area contributed by atoms with E-state index in [1.54, 1.807) is 54.3 Å². The molecular weight excluding hydrogens is 375 g/mol. The van der Waals surface area contributed by atoms with Crippen molar-refractivity contribution in [1.29, 1.82) is 0 Å². The number of carbonyl (C=O) groups excluding carboxylic acids is 1. The van der Waals surface area contributed by atoms with Crippen molar-refractivity contribution in [1.82, 2.24) is 9.78 Å². The zero-order chi connectivity index (χ0) is 18.7. The molecule has 7 heteroatoms. The Morgan fingerprint density at radius 3 is 2.77 bits per heavy atom. The summed E-state index contributed by atoms with van der Waals surface area (Å²) >= 11 is 11.8. The van der Waals surface area contributed by atoms with Gasteiger partial charge in [-0.15, -0.1) is 0 Å². The van der Waals surface area contributed by atoms with E-state index in [1.807, 2.05) is 6.92 Å². The smallest absolute Gasteiger partial charge is 0.189 e. The SMILES string of the molecule is Cc1c(C(=O)C=Cc2ccc(COc3ccc(Cl)c(Cl)c3)o2)cnn1C. The summed E-state index contributed by atoms with van der Waals surface area (Å²) in [5.41, 5.74) is 1.38. The molecule has 2 aromatic heterocycles. The number of carbonyl (C=O) groups is 1. The third-order valence-corrected chi connectivity index (χ3v) is 4.59. The Kier molecular flexibility index (Phi) is 5.49. The molecule has 0 unspecified atom stereocenters. The van der Waals surface area contributed by atoms with Gasteiger partial charge in [-0.2, -0.15) is 5.10 Å². The second kappa shape index (κ2) is 7.81. The van der Waals surface area contributed by atoms with Gasteiger partial charge in [0.1, 0.15) is 23.9 Å². The van der Waals surface area contributed by atoms with Gasteiger partial charge in [0.2, 0.25) is 0 Å². The number of benzene rings is 1. The highest BCUT2D eigenvalue weighted by atomic mass is 35.5. The van der Waals surface area contributed by atoms with Crippen molar-refractivity contribution in [3.05, 3.63) is 75.4 Å². The van der Waals surface area contributed by atoms with Crippen LogP contribution in [0.2, 0.25) is 10.0 Å². The molecular formula is C19H16Cl2N2O3. The van der Waals surface area contributed by atoms with Gasteiger partial charge in [-0.3, -0.25) is 9.48 Å². The number of hydrogen-bond acceptors (Lipinski definition) is 4. The van der Waals surface area contributed by atoms with E-state index in [1.165, 1.54) is 6.08 Å². The van der Waals surface area contributed by atoms with Crippen LogP contribution >= 0.6 is 23.2 Å². The summed E-state index contributed by atoms with van der Waals surface area (Å²) in [5.74, 6) is 1.66. The minimum Gasteiger partial charge on any atom is -0.486 e. The fraction of sp³-hybridized carbons (Fsp3) is 0.158. The molecule has 3 aromatic rings. The molecule has 0 aliphatic heterocycles. The Balaban J connectivity index is 1.61. The summed E-state index contributed by atoms with van der Waals surface area (Å²) in [4.78, 5) is 12.2. The van der Waals surface area contributed by atoms with Crippen LogP contribution in [0, 0.1) is 6.92 Å². The predicted octanol–water partition coefficient (Wildman–Crippen LogP) is 5.10. The van der Waals surface area contributed by atoms with E-state index in [2.05, 4.69) is 5.10 Å². The number of rotatable bonds is 6. The lowest BCUT2D eigenvalue weighted by molar-refractivity contribution is 0.104. The van der Waals surface area contributed by atoms with Crippen LogP contribution in [0.3, 0.4) is 0 Å². The van der Waals surface area contributed by atoms with Gasteiger partial charge in [-0.1, -0.05) is 23.2 Å². The lowest BCUT2D eigenvalue weighted by Crippen LogP contribution is -1.98. The highest BCUT2D eigenvalue weighted by Gasteiger charge is 2.10. The average molecular weight is 391 g/mol. The first-order valence-corrected chi connectivity index (χ1v) is 8.57. The Morgan fingerprint density at radius 1 is 1.27 bits per heavy atom. The first kappa shape index (κ1) is 18.3. The minimum absolute atomic E-state index is 0.124. The fourth-order valence-corrected chi connectivity index (χ4v) is 2.56. The van der Waals surface area contributed by atoms with E-state index in [-0.39, 0.29) is 12.4 Å². The van der Waals surface area contributed by atoms with Crippen molar-refractivity contribution >= 4 is 35.1 Å². The van der Waals surface area contributed by atoms with E-state index >= 15 is 0 Å². The number of nitrogens with zero attached hydrogens (tertiary/aromatic N) is 2. The second-order valence-corrected chi connectivity index (χ2v) is 6.45. The van der Waals surface area contributed by atoms with Crippen LogP contribution < -0.4 is 4.74 Å². The Labute approximate surface area is 160 Å². The quantitative estimate of drug-likeness (QED) is 0.433. The summed E-state index contributed by atoms with van der Waals surface area (Å²) in [5, 5.41) is 4.96. The van der Waals surface area contributed by atoms with Crippen molar-refractivity contribution < 1.29 is 13.9 Å². The maximum absolute atomic E-state index is 12.2. The number of ether oxygens (including phenoxy) is 1. The summed E-state index contributed by atoms with van der Waals surface area (Å²) in [6.07, 6.45) is 4.64. The topological polar surface area (TPSA) is 57.3 Å². The molecule has 2 heterocycles. The van der Waals surface area contributed by atoms with Crippen LogP contribution in [0.5, 0.6) is 5.75 Å². The van der Waals surface area contributed by atoms with Crippen molar-refractivity contribution in [3.8, 4) is 5.75 Å². The van der Waals surface area contributed by atoms with Crippen LogP contribution in [-0.2, 0) is 13.7 Å². The van der Waals surface area contributed by atoms with Crippen molar-refractivity contribution in [2.45, 2.75) is 13.5 Å². The molecule has 5 nitrogen and oxygen atoms in total. The third-order valence-electron chi connectivity index (χ3n) is 3.85. The fourth-order valence-electron chi connectivity index (χ4n) is 2.27. The first-order chi connectivity index (χ1) is 12.4. The molecule has 26 heavy (non-hydrogen) atoms. The van der Waals surface area contributed by atoms with Gasteiger partial charge in [0.05, 0.1) is 21.8 Å². The maximum atomic E-state index is 12.2. The van der Waals surface area contributed by atoms with Crippen LogP contribution in [-0.4, -0.2) is 15.6 Å². The second-order valence-electron chi connectivity index (χ2n) is 5.63. The van der Waals surface area contributed by atoms with E-state index in [9.17, 15) is 4.79 Å². The average Bonchev–Trinajstić information content (AvgIpc) is 3.21. The van der Waals surface area contributed by atoms with Gasteiger partial charge in [-0.05, 0) is 43.3 Å². The molecule has 0 amide bonds. The van der Waals surface area contributed by atoms with Gasteiger partial charge in [0.15, 0.2) is 5.78 Å². The largest absolute Gasteiger partial charge is 0.486 e. The standard InChI is InChI=1S/C19H16Cl2N2O3/c1-12-16(10-22-23(12)2)19(24)8-6-13-3-4-15(26-13)11-25-14-5-7-17(20)18(21)9-14/h3-10H,11H2,1-2H3. The molecule has 0 saturated heterocycles. The molecule has 0 aliphatic rings. The van der Waals surface area contributed by atoms with Crippen molar-refractivity contribution in [2.24, 2.45) is 7.05 Å². The number of allylic oxidation sites excluding steroid dienone is 1. The first-order valence-electron chi connectivity index (χ1n) is 7.81. The summed E-state index contributed by atoms with van der Waals surface area (Å²) < 4.78 is 12.9. The maximum Gasteiger partial charge on any atom is 0.189 e. The van der Waals surface area contributed by atoms with Gasteiger partial charge in [0.25, 0.3) is 0 Å². The van der Waals surface area contributed by atoms with Crippen LogP contribution in [0.25, 0.3) is 6.08 Å². The zero-order valence-electron chi connectivity index (χ0n) is 14.2. The van der Waals surface area contributed by atoms with Crippen LogP contribution in [0.1, 0.15) is 27.6 Å². The number of ketones is 1. The van der Waals surface area contributed by atoms with Gasteiger partial charge >= 0.3 is 0 Å². The van der Waals surface area contributed by atoms with Crippen LogP contribution in [0.15, 0.2) is 47.0 Å². The van der Waals surface area contributed by atoms with Gasteiger partial charge < -0.3 is 9.15 Å². The molecule has 0 spiro atoms. The molecule has 0 bridgehead atoms. The Bertz CT molecular complexity index is 973. The van der Waals surface area contributed by atoms with E-state index in [0.29, 0.717) is 32.9 Å². The molecule has 0 N–H and O–H groups in total. The highest BCUT2D eigenvalue weighted by Crippen LogP contribution is 2.27. The number of furan rings is 1. The van der Waals surface area contributed by atoms with E-state index in [0.717, 1.165) is 5.69 Å². The van der Waals surface area contributed by atoms with Crippen LogP contribution in [0.4, 0.5) is 0 Å². The molecule has 1 aromatic carbocycles. The van der Waals surface area contributed by atoms with E-state index < -0.39 is 0 Å². The number of hydrogen-bond donors (Lipinski definition) is 0. The Morgan fingerprint density at radius 2 is 2.08 bits per heavy atom. The Hall–Kier alpha value is -2.50. The lowest BCUT2D eigenvalue weighted by Gasteiger charge is -2.05. The lowest BCUT2D eigenvalue weighted by atomic mass is 10.1. The van der Waals surface area contributed by atoms with Crippen molar-refractivity contribution in [2.75, 3.05) is 0 Å². The molecule has 0 atom stereocenters. The van der Waals surface area contributed by atoms with Gasteiger partial charge in [-0.25, -0.2) is 0 Å². The van der Waals surface area contributed by atoms with Gasteiger partial charge in [0, 0.05) is 18.8 Å². The number of aromatic nitrogens is 2. The van der Waals surface area contributed by atoms with Crippen molar-refractivity contribution in [3.63, 3.8) is 0 Å². The molecule has 0 radical (unpaired) electrons. The predicted molar refractivity (Wildman–Crippen MR) is 101 cm³/mol. The highest BCUT2D eigenvalue weighted by molar-refractivity contribution is 6.42. The van der Waals surface area contributed by atoms with E-state index in [4.69, 9.17) is 32.4 Å². The molecule has 134 valence electrons. The molecule has 0 aliphatic carbocycles. The summed E-state index contributed by atoms with van der Waals surface area (Å²) in [6.45, 7) is 2.08. The number of aryl methyl sites for hydroxylation is 1. The molecule has 3 rings (SSSR count). The minimum atomic E-state index is -0.124. The summed E-state index contributed by atoms with van der Waals surface area (Å²) in [7, 11) is 1.79. The third kappa shape index (κ3) is 4.18. The molecule has 0 saturated carbocycles. The number of halogens is 2. The normalized spacial score (nSPS) is 11.2. The zero-order valence-corrected chi connectivity index (χ0v) is 15.7. The monoisotopic (exact) mass is 390 g/mol. The summed E-state index contributed by atoms with van der Waals surface area (Å²) in [6, 6.07) is 8.60. The molecule has 0 fully saturated rings.